The lowest BCUT2D eigenvalue weighted by molar-refractivity contribution is 0.673. The molecule has 0 fully saturated rings. The van der Waals surface area contributed by atoms with E-state index in [-0.39, 0.29) is 0 Å². The number of aryl methyl sites for hydroxylation is 1. The highest BCUT2D eigenvalue weighted by Crippen LogP contribution is 2.44. The van der Waals surface area contributed by atoms with E-state index in [0.717, 1.165) is 60.4 Å². The number of hydrogen-bond donors (Lipinski definition) is 0. The van der Waals surface area contributed by atoms with Gasteiger partial charge in [0.1, 0.15) is 11.2 Å². The molecule has 4 nitrogen and oxygen atoms in total. The van der Waals surface area contributed by atoms with Crippen molar-refractivity contribution in [2.75, 3.05) is 0 Å². The molecule has 0 atom stereocenters. The van der Waals surface area contributed by atoms with Crippen LogP contribution in [0.15, 0.2) is 174 Å². The monoisotopic (exact) mass is 689 g/mol. The van der Waals surface area contributed by atoms with Gasteiger partial charge >= 0.3 is 0 Å². The van der Waals surface area contributed by atoms with Gasteiger partial charge in [-0.2, -0.15) is 0 Å². The topological polar surface area (TPSA) is 51.8 Å². The van der Waals surface area contributed by atoms with Crippen LogP contribution >= 0.6 is 0 Å². The van der Waals surface area contributed by atoms with Crippen molar-refractivity contribution in [2.24, 2.45) is 0 Å². The van der Waals surface area contributed by atoms with Crippen LogP contribution in [0.5, 0.6) is 0 Å². The van der Waals surface area contributed by atoms with Gasteiger partial charge in [0, 0.05) is 32.8 Å². The highest BCUT2D eigenvalue weighted by atomic mass is 16.3. The predicted molar refractivity (Wildman–Crippen MR) is 224 cm³/mol. The van der Waals surface area contributed by atoms with E-state index < -0.39 is 0 Å². The predicted octanol–water partition coefficient (Wildman–Crippen LogP) is 13.4. The fourth-order valence-electron chi connectivity index (χ4n) is 8.13. The molecule has 9 aromatic carbocycles. The molecule has 0 aliphatic rings. The summed E-state index contributed by atoms with van der Waals surface area (Å²) in [6.45, 7) is 2.15. The van der Waals surface area contributed by atoms with E-state index in [9.17, 15) is 0 Å². The van der Waals surface area contributed by atoms with Crippen LogP contribution in [0.3, 0.4) is 0 Å². The van der Waals surface area contributed by atoms with Crippen molar-refractivity contribution >= 4 is 65.0 Å². The molecule has 0 N–H and O–H groups in total. The third-order valence-corrected chi connectivity index (χ3v) is 10.7. The summed E-state index contributed by atoms with van der Waals surface area (Å²) >= 11 is 0. The van der Waals surface area contributed by atoms with Crippen LogP contribution < -0.4 is 0 Å². The average Bonchev–Trinajstić information content (AvgIpc) is 3.63. The van der Waals surface area contributed by atoms with Crippen LogP contribution in [0.4, 0.5) is 0 Å². The van der Waals surface area contributed by atoms with Crippen LogP contribution in [-0.4, -0.2) is 15.0 Å². The summed E-state index contributed by atoms with van der Waals surface area (Å²) in [6, 6.07) is 59.7. The minimum Gasteiger partial charge on any atom is -0.455 e. The average molecular weight is 690 g/mol. The van der Waals surface area contributed by atoms with E-state index in [1.54, 1.807) is 0 Å². The molecular formula is C50H31N3O. The Morgan fingerprint density at radius 1 is 0.352 bits per heavy atom. The van der Waals surface area contributed by atoms with Crippen molar-refractivity contribution in [2.45, 2.75) is 6.92 Å². The zero-order valence-corrected chi connectivity index (χ0v) is 29.4. The fraction of sp³-hybridized carbons (Fsp3) is 0.0200. The molecule has 11 aromatic rings. The Labute approximate surface area is 311 Å². The molecular weight excluding hydrogens is 659 g/mol. The van der Waals surface area contributed by atoms with Gasteiger partial charge < -0.3 is 4.42 Å². The Morgan fingerprint density at radius 3 is 1.67 bits per heavy atom. The molecule has 2 aromatic heterocycles. The van der Waals surface area contributed by atoms with Crippen LogP contribution in [-0.2, 0) is 0 Å². The number of nitrogens with zero attached hydrogens (tertiary/aromatic N) is 3. The van der Waals surface area contributed by atoms with Gasteiger partial charge in [0.15, 0.2) is 17.5 Å². The van der Waals surface area contributed by atoms with E-state index in [0.29, 0.717) is 17.5 Å². The van der Waals surface area contributed by atoms with Crippen molar-refractivity contribution in [3.8, 4) is 45.3 Å². The first kappa shape index (κ1) is 30.5. The zero-order chi connectivity index (χ0) is 35.8. The first-order valence-electron chi connectivity index (χ1n) is 18.3. The maximum absolute atomic E-state index is 6.80. The van der Waals surface area contributed by atoms with Gasteiger partial charge in [-0.15, -0.1) is 0 Å². The van der Waals surface area contributed by atoms with E-state index in [2.05, 4.69) is 140 Å². The quantitative estimate of drug-likeness (QED) is 0.173. The fourth-order valence-corrected chi connectivity index (χ4v) is 8.13. The molecule has 4 heteroatoms. The van der Waals surface area contributed by atoms with Gasteiger partial charge in [0.2, 0.25) is 0 Å². The number of furan rings is 1. The lowest BCUT2D eigenvalue weighted by atomic mass is 9.91. The van der Waals surface area contributed by atoms with Gasteiger partial charge in [0.25, 0.3) is 0 Å². The summed E-state index contributed by atoms with van der Waals surface area (Å²) in [7, 11) is 0. The maximum Gasteiger partial charge on any atom is 0.164 e. The van der Waals surface area contributed by atoms with E-state index in [1.807, 2.05) is 36.4 Å². The van der Waals surface area contributed by atoms with Crippen molar-refractivity contribution in [3.63, 3.8) is 0 Å². The third-order valence-electron chi connectivity index (χ3n) is 10.7. The first-order chi connectivity index (χ1) is 26.7. The molecule has 0 spiro atoms. The molecule has 0 unspecified atom stereocenters. The van der Waals surface area contributed by atoms with Crippen molar-refractivity contribution < 1.29 is 4.42 Å². The smallest absolute Gasteiger partial charge is 0.164 e. The summed E-state index contributed by atoms with van der Waals surface area (Å²) in [5, 5.41) is 11.6. The second-order valence-corrected chi connectivity index (χ2v) is 14.1. The summed E-state index contributed by atoms with van der Waals surface area (Å²) in [5.74, 6) is 1.90. The first-order valence-corrected chi connectivity index (χ1v) is 18.3. The van der Waals surface area contributed by atoms with Crippen LogP contribution in [0.2, 0.25) is 0 Å². The molecule has 0 bridgehead atoms. The van der Waals surface area contributed by atoms with Crippen molar-refractivity contribution in [1.82, 2.24) is 15.0 Å². The lowest BCUT2D eigenvalue weighted by Crippen LogP contribution is -2.00. The Kier molecular flexibility index (Phi) is 6.73. The third kappa shape index (κ3) is 4.81. The molecule has 252 valence electrons. The molecule has 2 heterocycles. The second-order valence-electron chi connectivity index (χ2n) is 14.1. The Balaban J connectivity index is 1.15. The Hall–Kier alpha value is -7.17. The van der Waals surface area contributed by atoms with Crippen LogP contribution in [0, 0.1) is 6.92 Å². The normalized spacial score (nSPS) is 11.8. The summed E-state index contributed by atoms with van der Waals surface area (Å²) in [4.78, 5) is 15.2. The Morgan fingerprint density at radius 2 is 0.889 bits per heavy atom. The van der Waals surface area contributed by atoms with Gasteiger partial charge in [-0.3, -0.25) is 0 Å². The molecule has 0 radical (unpaired) electrons. The lowest BCUT2D eigenvalue weighted by Gasteiger charge is -2.13. The van der Waals surface area contributed by atoms with Crippen molar-refractivity contribution in [1.29, 1.82) is 0 Å². The highest BCUT2D eigenvalue weighted by Gasteiger charge is 2.19. The molecule has 0 aliphatic heterocycles. The summed E-state index contributed by atoms with van der Waals surface area (Å²) in [6.07, 6.45) is 0. The minimum atomic E-state index is 0.627. The molecule has 0 saturated heterocycles. The van der Waals surface area contributed by atoms with E-state index in [4.69, 9.17) is 19.4 Å². The summed E-state index contributed by atoms with van der Waals surface area (Å²) < 4.78 is 6.80. The van der Waals surface area contributed by atoms with Crippen LogP contribution in [0.1, 0.15) is 5.56 Å². The summed E-state index contributed by atoms with van der Waals surface area (Å²) in [5.41, 5.74) is 8.13. The number of fused-ring (bicyclic) bond motifs is 12. The van der Waals surface area contributed by atoms with Gasteiger partial charge in [-0.1, -0.05) is 157 Å². The number of rotatable bonds is 4. The highest BCUT2D eigenvalue weighted by molar-refractivity contribution is 6.34. The standard InChI is InChI=1S/C50H31N3O/c1-30-16-23-38-39-25-26-41-45-37-15-9-8-12-33(37)22-27-44(45)54-47(41)46(39)40-24-21-36(29-43(40)42(38)28-30)50-52-48(34-13-6-3-7-14-34)51-49(53-50)35-19-17-32(18-20-35)31-10-4-2-5-11-31/h2-29H,1H3. The second kappa shape index (κ2) is 11.9. The SMILES string of the molecule is Cc1ccc2c(c1)c1cc(-c3nc(-c4ccccc4)nc(-c4ccc(-c5ccccc5)cc4)n3)ccc1c1c2ccc2c1oc1ccc3ccccc3c12. The molecule has 54 heavy (non-hydrogen) atoms. The molecule has 0 amide bonds. The zero-order valence-electron chi connectivity index (χ0n) is 29.4. The molecule has 0 saturated carbocycles. The number of aromatic nitrogens is 3. The van der Waals surface area contributed by atoms with Crippen molar-refractivity contribution in [3.05, 3.63) is 175 Å². The van der Waals surface area contributed by atoms with Gasteiger partial charge in [0.05, 0.1) is 0 Å². The van der Waals surface area contributed by atoms with E-state index in [1.165, 1.54) is 38.1 Å². The van der Waals surface area contributed by atoms with Crippen LogP contribution in [0.25, 0.3) is 110 Å². The molecule has 0 aliphatic carbocycles. The molecule has 11 rings (SSSR count). The van der Waals surface area contributed by atoms with Gasteiger partial charge in [-0.25, -0.2) is 15.0 Å². The number of benzene rings is 9. The largest absolute Gasteiger partial charge is 0.455 e. The number of hydrogen-bond acceptors (Lipinski definition) is 4. The Bertz CT molecular complexity index is 3260. The van der Waals surface area contributed by atoms with Gasteiger partial charge in [-0.05, 0) is 74.0 Å². The minimum absolute atomic E-state index is 0.627. The maximum atomic E-state index is 6.80. The van der Waals surface area contributed by atoms with E-state index >= 15 is 0 Å².